The second-order valence-electron chi connectivity index (χ2n) is 8.70. The van der Waals surface area contributed by atoms with Gasteiger partial charge >= 0.3 is 6.09 Å². The minimum atomic E-state index is -0.528. The number of rotatable bonds is 7. The zero-order valence-corrected chi connectivity index (χ0v) is 20.4. The number of para-hydroxylation sites is 1. The third kappa shape index (κ3) is 5.47. The van der Waals surface area contributed by atoms with Crippen LogP contribution in [0.3, 0.4) is 0 Å². The molecule has 1 unspecified atom stereocenters. The molecular formula is C25H32N6O4. The van der Waals surface area contributed by atoms with Gasteiger partial charge in [-0.2, -0.15) is 5.10 Å². The Kier molecular flexibility index (Phi) is 7.38. The number of hydrogen-bond donors (Lipinski definition) is 2. The Labute approximate surface area is 204 Å². The van der Waals surface area contributed by atoms with Crippen LogP contribution < -0.4 is 5.32 Å². The maximum absolute atomic E-state index is 13.0. The van der Waals surface area contributed by atoms with Crippen LogP contribution >= 0.6 is 0 Å². The van der Waals surface area contributed by atoms with Crippen LogP contribution in [0.2, 0.25) is 0 Å². The first-order chi connectivity index (χ1) is 16.9. The molecule has 3 aromatic rings. The van der Waals surface area contributed by atoms with Gasteiger partial charge in [0.05, 0.1) is 18.0 Å². The second kappa shape index (κ2) is 10.6. The van der Waals surface area contributed by atoms with Crippen molar-refractivity contribution in [2.75, 3.05) is 38.1 Å². The van der Waals surface area contributed by atoms with E-state index in [0.717, 1.165) is 16.5 Å². The van der Waals surface area contributed by atoms with Crippen molar-refractivity contribution in [3.8, 4) is 0 Å². The normalized spacial score (nSPS) is 14.7. The molecule has 3 heterocycles. The van der Waals surface area contributed by atoms with E-state index in [0.29, 0.717) is 57.0 Å². The number of aromatic nitrogens is 3. The molecule has 1 fully saturated rings. The van der Waals surface area contributed by atoms with Crippen molar-refractivity contribution in [1.29, 1.82) is 0 Å². The molecule has 0 radical (unpaired) electrons. The molecular weight excluding hydrogens is 448 g/mol. The van der Waals surface area contributed by atoms with Gasteiger partial charge in [-0.1, -0.05) is 18.2 Å². The van der Waals surface area contributed by atoms with Crippen LogP contribution in [-0.4, -0.2) is 75.3 Å². The van der Waals surface area contributed by atoms with E-state index >= 15 is 0 Å². The van der Waals surface area contributed by atoms with E-state index < -0.39 is 6.04 Å². The highest BCUT2D eigenvalue weighted by Gasteiger charge is 2.29. The van der Waals surface area contributed by atoms with Crippen LogP contribution in [-0.2, 0) is 20.7 Å². The Balaban J connectivity index is 1.31. The zero-order chi connectivity index (χ0) is 24.9. The van der Waals surface area contributed by atoms with E-state index in [1.54, 1.807) is 41.4 Å². The summed E-state index contributed by atoms with van der Waals surface area (Å²) in [5, 5.41) is 8.52. The average Bonchev–Trinajstić information content (AvgIpc) is 3.45. The summed E-state index contributed by atoms with van der Waals surface area (Å²) in [5.74, 6) is -0.180. The number of aryl methyl sites for hydroxylation is 2. The van der Waals surface area contributed by atoms with Gasteiger partial charge in [-0.25, -0.2) is 4.79 Å². The molecule has 0 aliphatic carbocycles. The predicted octanol–water partition coefficient (Wildman–Crippen LogP) is 3.11. The van der Waals surface area contributed by atoms with Crippen molar-refractivity contribution < 1.29 is 19.1 Å². The molecule has 10 nitrogen and oxygen atoms in total. The first-order valence-corrected chi connectivity index (χ1v) is 12.0. The minimum absolute atomic E-state index is 0.0757. The van der Waals surface area contributed by atoms with Gasteiger partial charge in [-0.3, -0.25) is 14.3 Å². The third-order valence-corrected chi connectivity index (χ3v) is 6.36. The van der Waals surface area contributed by atoms with Crippen LogP contribution in [0.25, 0.3) is 10.9 Å². The Hall–Kier alpha value is -3.82. The number of fused-ring (bicyclic) bond motifs is 1. The summed E-state index contributed by atoms with van der Waals surface area (Å²) in [6, 6.07) is 7.49. The van der Waals surface area contributed by atoms with Crippen molar-refractivity contribution in [3.05, 3.63) is 47.9 Å². The lowest BCUT2D eigenvalue weighted by Crippen LogP contribution is -2.52. The van der Waals surface area contributed by atoms with Crippen LogP contribution in [0, 0.1) is 6.92 Å². The van der Waals surface area contributed by atoms with E-state index in [2.05, 4.69) is 15.4 Å². The molecule has 1 aromatic carbocycles. The molecule has 0 spiro atoms. The average molecular weight is 481 g/mol. The molecule has 4 rings (SSSR count). The van der Waals surface area contributed by atoms with Gasteiger partial charge in [-0.15, -0.1) is 0 Å². The van der Waals surface area contributed by atoms with E-state index in [-0.39, 0.29) is 17.9 Å². The molecule has 1 atom stereocenters. The summed E-state index contributed by atoms with van der Waals surface area (Å²) in [4.78, 5) is 44.1. The first-order valence-electron chi connectivity index (χ1n) is 12.0. The van der Waals surface area contributed by atoms with Gasteiger partial charge in [0, 0.05) is 55.9 Å². The van der Waals surface area contributed by atoms with E-state index in [1.165, 1.54) is 0 Å². The first kappa shape index (κ1) is 24.3. The number of aromatic amines is 1. The highest BCUT2D eigenvalue weighted by Crippen LogP contribution is 2.21. The van der Waals surface area contributed by atoms with E-state index in [9.17, 15) is 14.4 Å². The number of carbonyl (C=O) groups excluding carboxylic acids is 3. The topological polar surface area (TPSA) is 113 Å². The van der Waals surface area contributed by atoms with Crippen LogP contribution in [0.5, 0.6) is 0 Å². The molecule has 2 N–H and O–H groups in total. The van der Waals surface area contributed by atoms with Crippen LogP contribution in [0.4, 0.5) is 10.5 Å². The van der Waals surface area contributed by atoms with Crippen molar-refractivity contribution in [2.45, 2.75) is 39.7 Å². The number of hydrogen-bond acceptors (Lipinski definition) is 5. The minimum Gasteiger partial charge on any atom is -0.450 e. The Morgan fingerprint density at radius 2 is 1.86 bits per heavy atom. The molecule has 1 aliphatic rings. The van der Waals surface area contributed by atoms with Gasteiger partial charge in [-0.05, 0) is 38.8 Å². The summed E-state index contributed by atoms with van der Waals surface area (Å²) in [6.45, 7) is 7.46. The molecule has 10 heteroatoms. The number of benzene rings is 1. The zero-order valence-electron chi connectivity index (χ0n) is 20.4. The summed E-state index contributed by atoms with van der Waals surface area (Å²) in [5.41, 5.74) is 3.41. The maximum atomic E-state index is 13.0. The standard InChI is InChI=1S/C25H32N6O4/c1-4-35-25(34)30-13-11-29(12-14-30)24(33)18(3)31-16-22(17(2)28-31)27-23(32)10-9-19-15-26-21-8-6-5-7-20(19)21/h5-8,15-16,18,26H,4,9-14H2,1-3H3,(H,27,32). The molecule has 35 heavy (non-hydrogen) atoms. The lowest BCUT2D eigenvalue weighted by Gasteiger charge is -2.35. The van der Waals surface area contributed by atoms with Gasteiger partial charge in [0.2, 0.25) is 11.8 Å². The van der Waals surface area contributed by atoms with Crippen molar-refractivity contribution >= 4 is 34.5 Å². The molecule has 3 amide bonds. The Bertz CT molecular complexity index is 1210. The molecule has 0 bridgehead atoms. The molecule has 1 aliphatic heterocycles. The number of nitrogens with zero attached hydrogens (tertiary/aromatic N) is 4. The number of anilines is 1. The number of carbonyl (C=O) groups is 3. The number of amides is 3. The lowest BCUT2D eigenvalue weighted by molar-refractivity contribution is -0.136. The Morgan fingerprint density at radius 3 is 2.60 bits per heavy atom. The number of piperazine rings is 1. The number of nitrogens with one attached hydrogen (secondary N) is 2. The number of ether oxygens (including phenoxy) is 1. The summed E-state index contributed by atoms with van der Waals surface area (Å²) >= 11 is 0. The maximum Gasteiger partial charge on any atom is 0.409 e. The Morgan fingerprint density at radius 1 is 1.14 bits per heavy atom. The van der Waals surface area contributed by atoms with Crippen molar-refractivity contribution in [1.82, 2.24) is 24.6 Å². The van der Waals surface area contributed by atoms with Crippen molar-refractivity contribution in [2.24, 2.45) is 0 Å². The third-order valence-electron chi connectivity index (χ3n) is 6.36. The quantitative estimate of drug-likeness (QED) is 0.540. The van der Waals surface area contributed by atoms with Gasteiger partial charge in [0.1, 0.15) is 6.04 Å². The summed E-state index contributed by atoms with van der Waals surface area (Å²) < 4.78 is 6.62. The predicted molar refractivity (Wildman–Crippen MR) is 132 cm³/mol. The van der Waals surface area contributed by atoms with E-state index in [4.69, 9.17) is 4.74 Å². The smallest absolute Gasteiger partial charge is 0.409 e. The molecule has 1 saturated heterocycles. The van der Waals surface area contributed by atoms with Gasteiger partial charge < -0.3 is 24.8 Å². The van der Waals surface area contributed by atoms with Gasteiger partial charge in [0.15, 0.2) is 0 Å². The number of H-pyrrole nitrogens is 1. The van der Waals surface area contributed by atoms with E-state index in [1.807, 2.05) is 30.5 Å². The summed E-state index contributed by atoms with van der Waals surface area (Å²) in [7, 11) is 0. The fourth-order valence-electron chi connectivity index (χ4n) is 4.30. The molecule has 0 saturated carbocycles. The monoisotopic (exact) mass is 480 g/mol. The van der Waals surface area contributed by atoms with Crippen LogP contribution in [0.15, 0.2) is 36.7 Å². The largest absolute Gasteiger partial charge is 0.450 e. The molecule has 2 aromatic heterocycles. The lowest BCUT2D eigenvalue weighted by atomic mass is 10.1. The SMILES string of the molecule is CCOC(=O)N1CCN(C(=O)C(C)n2cc(NC(=O)CCc3c[nH]c4ccccc34)c(C)n2)CC1. The fourth-order valence-corrected chi connectivity index (χ4v) is 4.30. The van der Waals surface area contributed by atoms with Crippen LogP contribution in [0.1, 0.15) is 37.6 Å². The highest BCUT2D eigenvalue weighted by atomic mass is 16.6. The molecule has 186 valence electrons. The highest BCUT2D eigenvalue weighted by molar-refractivity contribution is 5.92. The van der Waals surface area contributed by atoms with Crippen molar-refractivity contribution in [3.63, 3.8) is 0 Å². The summed E-state index contributed by atoms with van der Waals surface area (Å²) in [6.07, 6.45) is 4.26. The van der Waals surface area contributed by atoms with Gasteiger partial charge in [0.25, 0.3) is 0 Å². The fraction of sp³-hybridized carbons (Fsp3) is 0.440. The second-order valence-corrected chi connectivity index (χ2v) is 8.70.